The van der Waals surface area contributed by atoms with E-state index in [2.05, 4.69) is 16.8 Å². The van der Waals surface area contributed by atoms with Crippen molar-refractivity contribution in [1.29, 1.82) is 0 Å². The summed E-state index contributed by atoms with van der Waals surface area (Å²) < 4.78 is 11.9. The zero-order chi connectivity index (χ0) is 31.2. The van der Waals surface area contributed by atoms with Crippen molar-refractivity contribution in [3.8, 4) is 11.5 Å². The van der Waals surface area contributed by atoms with E-state index in [0.29, 0.717) is 49.4 Å². The number of ketones is 1. The molecule has 44 heavy (non-hydrogen) atoms. The van der Waals surface area contributed by atoms with E-state index in [9.17, 15) is 14.7 Å². The molecule has 4 aromatic rings. The molecule has 2 heterocycles. The Hall–Kier alpha value is -3.83. The molecule has 5 rings (SSSR count). The Labute approximate surface area is 272 Å². The summed E-state index contributed by atoms with van der Waals surface area (Å²) in [5.41, 5.74) is 1.70. The molecule has 0 bridgehead atoms. The van der Waals surface area contributed by atoms with Crippen LogP contribution in [0.2, 0.25) is 10.0 Å². The fourth-order valence-electron chi connectivity index (χ4n) is 4.50. The van der Waals surface area contributed by atoms with Crippen LogP contribution in [0.5, 0.6) is 11.5 Å². The first kappa shape index (κ1) is 31.6. The first-order chi connectivity index (χ1) is 21.3. The van der Waals surface area contributed by atoms with Crippen LogP contribution in [0.1, 0.15) is 36.1 Å². The van der Waals surface area contributed by atoms with Gasteiger partial charge in [-0.15, -0.1) is 10.2 Å². The molecule has 1 aromatic heterocycles. The smallest absolute Gasteiger partial charge is 0.301 e. The number of hydrogen-bond donors (Lipinski definition) is 1. The summed E-state index contributed by atoms with van der Waals surface area (Å²) in [6.07, 6.45) is 2.46. The lowest BCUT2D eigenvalue weighted by Gasteiger charge is -2.23. The van der Waals surface area contributed by atoms with Gasteiger partial charge in [-0.2, -0.15) is 0 Å². The Morgan fingerprint density at radius 3 is 2.59 bits per heavy atom. The van der Waals surface area contributed by atoms with Crippen LogP contribution in [0.4, 0.5) is 5.13 Å². The van der Waals surface area contributed by atoms with E-state index in [1.807, 2.05) is 13.0 Å². The average Bonchev–Trinajstić information content (AvgIpc) is 3.60. The lowest BCUT2D eigenvalue weighted by Crippen LogP contribution is -2.29. The number of aliphatic hydroxyl groups is 1. The molecule has 0 radical (unpaired) electrons. The number of carbonyl (C=O) groups is 2. The predicted molar refractivity (Wildman–Crippen MR) is 175 cm³/mol. The normalized spacial score (nSPS) is 15.9. The third-order valence-electron chi connectivity index (χ3n) is 6.55. The summed E-state index contributed by atoms with van der Waals surface area (Å²) in [6.45, 7) is 6.51. The van der Waals surface area contributed by atoms with Crippen molar-refractivity contribution in [1.82, 2.24) is 10.2 Å². The number of thioether (sulfide) groups is 1. The number of carbonyl (C=O) groups excluding carboxylic acids is 2. The fourth-order valence-corrected chi connectivity index (χ4v) is 6.92. The van der Waals surface area contributed by atoms with Gasteiger partial charge in [-0.1, -0.05) is 84.1 Å². The highest BCUT2D eigenvalue weighted by Crippen LogP contribution is 2.45. The van der Waals surface area contributed by atoms with Gasteiger partial charge < -0.3 is 14.6 Å². The maximum atomic E-state index is 13.6. The number of benzene rings is 3. The third kappa shape index (κ3) is 6.94. The molecule has 0 saturated carbocycles. The van der Waals surface area contributed by atoms with Crippen LogP contribution in [0, 0.1) is 0 Å². The van der Waals surface area contributed by atoms with Gasteiger partial charge in [0.05, 0.1) is 18.2 Å². The van der Waals surface area contributed by atoms with Crippen molar-refractivity contribution in [2.24, 2.45) is 0 Å². The molecule has 1 amide bonds. The van der Waals surface area contributed by atoms with Crippen molar-refractivity contribution >= 4 is 68.9 Å². The highest BCUT2D eigenvalue weighted by Gasteiger charge is 2.48. The van der Waals surface area contributed by atoms with Crippen LogP contribution in [-0.2, 0) is 15.3 Å². The SMILES string of the molecule is C=CCOc1cccc(C2/C(=C(\O)c3ccc(OCCC)cc3)C(=O)C(=O)N2c2nnc(SCc3ccc(Cl)cc3Cl)s2)c1. The van der Waals surface area contributed by atoms with Crippen molar-refractivity contribution in [2.45, 2.75) is 29.5 Å². The standard InChI is InChI=1S/C32H27Cl2N3O5S2/c1-3-14-41-23-12-9-19(10-13-23)28(38)26-27(20-6-5-7-24(16-20)42-15-4-2)37(30(40)29(26)39)31-35-36-32(44-31)43-18-21-8-11-22(33)17-25(21)34/h4-13,16-17,27,38H,2-3,14-15,18H2,1H3/b28-26+. The van der Waals surface area contributed by atoms with Gasteiger partial charge in [0.15, 0.2) is 4.34 Å². The second-order valence-corrected chi connectivity index (χ2v) is 12.6. The summed E-state index contributed by atoms with van der Waals surface area (Å²) in [4.78, 5) is 28.5. The Morgan fingerprint density at radius 1 is 1.07 bits per heavy atom. The van der Waals surface area contributed by atoms with Gasteiger partial charge in [-0.25, -0.2) is 0 Å². The number of aromatic nitrogens is 2. The molecule has 1 aliphatic rings. The number of amides is 1. The second kappa shape index (κ2) is 14.3. The van der Waals surface area contributed by atoms with Gasteiger partial charge in [0.2, 0.25) is 5.13 Å². The number of Topliss-reactive ketones (excluding diaryl/α,β-unsaturated/α-hetero) is 1. The first-order valence-corrected chi connectivity index (χ1v) is 16.1. The summed E-state index contributed by atoms with van der Waals surface area (Å²) in [6, 6.07) is 18.0. The van der Waals surface area contributed by atoms with Gasteiger partial charge in [-0.3, -0.25) is 14.5 Å². The minimum absolute atomic E-state index is 0.0737. The molecular formula is C32H27Cl2N3O5S2. The van der Waals surface area contributed by atoms with Crippen LogP contribution in [0.3, 0.4) is 0 Å². The molecule has 8 nitrogen and oxygen atoms in total. The van der Waals surface area contributed by atoms with Gasteiger partial charge in [0, 0.05) is 21.4 Å². The Kier molecular flexibility index (Phi) is 10.3. The van der Waals surface area contributed by atoms with E-state index in [1.165, 1.54) is 16.7 Å². The van der Waals surface area contributed by atoms with Crippen LogP contribution >= 0.6 is 46.3 Å². The Bertz CT molecular complexity index is 1730. The number of aliphatic hydroxyl groups excluding tert-OH is 1. The summed E-state index contributed by atoms with van der Waals surface area (Å²) in [5.74, 6) is -0.344. The molecule has 1 N–H and O–H groups in total. The lowest BCUT2D eigenvalue weighted by molar-refractivity contribution is -0.132. The van der Waals surface area contributed by atoms with Gasteiger partial charge in [0.25, 0.3) is 5.78 Å². The molecular weight excluding hydrogens is 641 g/mol. The number of halogens is 2. The van der Waals surface area contributed by atoms with E-state index in [0.717, 1.165) is 23.3 Å². The van der Waals surface area contributed by atoms with Crippen LogP contribution in [-0.4, -0.2) is 40.2 Å². The maximum absolute atomic E-state index is 13.6. The maximum Gasteiger partial charge on any atom is 0.301 e. The topological polar surface area (TPSA) is 102 Å². The van der Waals surface area contributed by atoms with Gasteiger partial charge in [0.1, 0.15) is 23.9 Å². The van der Waals surface area contributed by atoms with E-state index in [-0.39, 0.29) is 23.1 Å². The number of anilines is 1. The van der Waals surface area contributed by atoms with E-state index in [1.54, 1.807) is 66.7 Å². The van der Waals surface area contributed by atoms with Crippen molar-refractivity contribution in [3.63, 3.8) is 0 Å². The van der Waals surface area contributed by atoms with E-state index in [4.69, 9.17) is 32.7 Å². The van der Waals surface area contributed by atoms with E-state index >= 15 is 0 Å². The molecule has 1 aliphatic heterocycles. The predicted octanol–water partition coefficient (Wildman–Crippen LogP) is 8.12. The molecule has 3 aromatic carbocycles. The highest BCUT2D eigenvalue weighted by atomic mass is 35.5. The minimum atomic E-state index is -0.991. The lowest BCUT2D eigenvalue weighted by atomic mass is 9.95. The molecule has 0 spiro atoms. The van der Waals surface area contributed by atoms with Crippen molar-refractivity contribution < 1.29 is 24.2 Å². The average molecular weight is 669 g/mol. The number of rotatable bonds is 12. The molecule has 12 heteroatoms. The van der Waals surface area contributed by atoms with E-state index < -0.39 is 17.7 Å². The van der Waals surface area contributed by atoms with Gasteiger partial charge >= 0.3 is 5.91 Å². The highest BCUT2D eigenvalue weighted by molar-refractivity contribution is 8.00. The van der Waals surface area contributed by atoms with Crippen LogP contribution in [0.25, 0.3) is 5.76 Å². The minimum Gasteiger partial charge on any atom is -0.507 e. The monoisotopic (exact) mass is 667 g/mol. The zero-order valence-corrected chi connectivity index (χ0v) is 26.7. The summed E-state index contributed by atoms with van der Waals surface area (Å²) in [7, 11) is 0. The number of nitrogens with zero attached hydrogens (tertiary/aromatic N) is 3. The quantitative estimate of drug-likeness (QED) is 0.0404. The summed E-state index contributed by atoms with van der Waals surface area (Å²) in [5, 5.41) is 21.3. The molecule has 0 aliphatic carbocycles. The van der Waals surface area contributed by atoms with Crippen LogP contribution < -0.4 is 14.4 Å². The molecule has 1 saturated heterocycles. The van der Waals surface area contributed by atoms with Crippen LogP contribution in [0.15, 0.2) is 89.3 Å². The molecule has 1 unspecified atom stereocenters. The molecule has 1 fully saturated rings. The summed E-state index contributed by atoms with van der Waals surface area (Å²) >= 11 is 14.9. The zero-order valence-electron chi connectivity index (χ0n) is 23.5. The molecule has 226 valence electrons. The Balaban J connectivity index is 1.52. The number of hydrogen-bond acceptors (Lipinski definition) is 9. The third-order valence-corrected chi connectivity index (χ3v) is 9.25. The largest absolute Gasteiger partial charge is 0.507 e. The molecule has 1 atom stereocenters. The number of ether oxygens (including phenoxy) is 2. The first-order valence-electron chi connectivity index (χ1n) is 13.6. The second-order valence-electron chi connectivity index (χ2n) is 9.59. The van der Waals surface area contributed by atoms with Gasteiger partial charge in [-0.05, 0) is 66.1 Å². The van der Waals surface area contributed by atoms with Crippen molar-refractivity contribution in [3.05, 3.63) is 112 Å². The van der Waals surface area contributed by atoms with Crippen molar-refractivity contribution in [2.75, 3.05) is 18.1 Å². The fraction of sp³-hybridized carbons (Fsp3) is 0.188. The Morgan fingerprint density at radius 2 is 1.86 bits per heavy atom.